The van der Waals surface area contributed by atoms with Gasteiger partial charge in [0, 0.05) is 0 Å². The fraction of sp³-hybridized carbons (Fsp3) is 0.182. The number of halogens is 1. The number of carbonyl (C=O) groups excluding carboxylic acids is 1. The fourth-order valence-electron chi connectivity index (χ4n) is 1.30. The predicted octanol–water partition coefficient (Wildman–Crippen LogP) is 1.78. The van der Waals surface area contributed by atoms with E-state index in [0.717, 1.165) is 5.56 Å². The van der Waals surface area contributed by atoms with Gasteiger partial charge in [0.2, 0.25) is 5.95 Å². The Morgan fingerprint density at radius 3 is 3.11 bits per heavy atom. The lowest BCUT2D eigenvalue weighted by molar-refractivity contribution is -0.118. The van der Waals surface area contributed by atoms with Crippen LogP contribution in [-0.4, -0.2) is 27.7 Å². The Balaban J connectivity index is 1.91. The lowest BCUT2D eigenvalue weighted by atomic mass is 10.2. The molecule has 0 aliphatic rings. The van der Waals surface area contributed by atoms with E-state index >= 15 is 0 Å². The zero-order chi connectivity index (χ0) is 13.0. The predicted molar refractivity (Wildman–Crippen MR) is 66.7 cm³/mol. The maximum atomic E-state index is 11.5. The van der Waals surface area contributed by atoms with Crippen LogP contribution in [0.3, 0.4) is 0 Å². The van der Waals surface area contributed by atoms with Gasteiger partial charge in [0.15, 0.2) is 6.61 Å². The van der Waals surface area contributed by atoms with Crippen molar-refractivity contribution in [2.45, 2.75) is 6.92 Å². The first kappa shape index (κ1) is 12.4. The maximum Gasteiger partial charge on any atom is 0.264 e. The third kappa shape index (κ3) is 3.21. The zero-order valence-electron chi connectivity index (χ0n) is 9.61. The summed E-state index contributed by atoms with van der Waals surface area (Å²) in [6.45, 7) is 1.77. The molecule has 0 fully saturated rings. The third-order valence-corrected chi connectivity index (χ3v) is 2.43. The Bertz CT molecular complexity index is 542. The van der Waals surface area contributed by atoms with Gasteiger partial charge in [0.1, 0.15) is 12.1 Å². The van der Waals surface area contributed by atoms with Crippen LogP contribution < -0.4 is 10.1 Å². The summed E-state index contributed by atoms with van der Waals surface area (Å²) in [5.74, 6) is 0.410. The number of H-pyrrole nitrogens is 1. The van der Waals surface area contributed by atoms with Gasteiger partial charge in [-0.25, -0.2) is 5.10 Å². The molecule has 2 aromatic rings. The molecule has 6 nitrogen and oxygen atoms in total. The number of amides is 1. The highest BCUT2D eigenvalue weighted by molar-refractivity contribution is 6.32. The minimum Gasteiger partial charge on any atom is -0.482 e. The van der Waals surface area contributed by atoms with E-state index in [1.54, 1.807) is 12.1 Å². The summed E-state index contributed by atoms with van der Waals surface area (Å²) >= 11 is 5.94. The summed E-state index contributed by atoms with van der Waals surface area (Å²) < 4.78 is 5.32. The van der Waals surface area contributed by atoms with Gasteiger partial charge in [0.05, 0.1) is 5.02 Å². The third-order valence-electron chi connectivity index (χ3n) is 2.12. The Kier molecular flexibility index (Phi) is 3.78. The van der Waals surface area contributed by atoms with Gasteiger partial charge in [-0.2, -0.15) is 10.1 Å². The van der Waals surface area contributed by atoms with Crippen molar-refractivity contribution in [1.82, 2.24) is 15.2 Å². The summed E-state index contributed by atoms with van der Waals surface area (Å²) in [5, 5.41) is 9.07. The van der Waals surface area contributed by atoms with E-state index in [1.807, 2.05) is 13.0 Å². The molecule has 0 aliphatic heterocycles. The van der Waals surface area contributed by atoms with Crippen LogP contribution in [0, 0.1) is 6.92 Å². The average Bonchev–Trinajstić information content (AvgIpc) is 2.83. The highest BCUT2D eigenvalue weighted by Gasteiger charge is 2.07. The van der Waals surface area contributed by atoms with Crippen molar-refractivity contribution in [3.8, 4) is 5.75 Å². The number of aryl methyl sites for hydroxylation is 1. The Hall–Kier alpha value is -2.08. The van der Waals surface area contributed by atoms with Crippen molar-refractivity contribution >= 4 is 23.5 Å². The maximum absolute atomic E-state index is 11.5. The van der Waals surface area contributed by atoms with Crippen molar-refractivity contribution in [1.29, 1.82) is 0 Å². The highest BCUT2D eigenvalue weighted by Crippen LogP contribution is 2.25. The van der Waals surface area contributed by atoms with Crippen LogP contribution >= 0.6 is 11.6 Å². The Labute approximate surface area is 108 Å². The number of nitrogens with one attached hydrogen (secondary N) is 2. The summed E-state index contributed by atoms with van der Waals surface area (Å²) in [5.41, 5.74) is 1.00. The second kappa shape index (κ2) is 5.50. The van der Waals surface area contributed by atoms with Gasteiger partial charge in [-0.15, -0.1) is 0 Å². The number of ether oxygens (including phenoxy) is 1. The monoisotopic (exact) mass is 266 g/mol. The minimum atomic E-state index is -0.343. The first-order chi connectivity index (χ1) is 8.65. The molecular formula is C11H11ClN4O2. The van der Waals surface area contributed by atoms with Crippen molar-refractivity contribution in [2.75, 3.05) is 11.9 Å². The van der Waals surface area contributed by atoms with Crippen LogP contribution in [0.25, 0.3) is 0 Å². The molecule has 2 rings (SSSR count). The number of carbonyl (C=O) groups is 1. The molecule has 1 heterocycles. The van der Waals surface area contributed by atoms with E-state index in [4.69, 9.17) is 16.3 Å². The van der Waals surface area contributed by atoms with Gasteiger partial charge < -0.3 is 4.74 Å². The van der Waals surface area contributed by atoms with Crippen LogP contribution in [0.4, 0.5) is 5.95 Å². The molecule has 0 radical (unpaired) electrons. The van der Waals surface area contributed by atoms with Gasteiger partial charge in [0.25, 0.3) is 5.91 Å². The number of aromatic nitrogens is 3. The molecule has 0 spiro atoms. The molecule has 1 aromatic heterocycles. The number of anilines is 1. The number of rotatable bonds is 4. The number of hydrogen-bond acceptors (Lipinski definition) is 4. The number of benzene rings is 1. The Morgan fingerprint density at radius 2 is 2.39 bits per heavy atom. The first-order valence-corrected chi connectivity index (χ1v) is 5.57. The molecular weight excluding hydrogens is 256 g/mol. The standard InChI is InChI=1S/C11H11ClN4O2/c1-7-2-3-8(12)9(4-7)18-5-10(17)15-11-13-6-14-16-11/h2-4,6H,5H2,1H3,(H2,13,14,15,16,17). The van der Waals surface area contributed by atoms with Gasteiger partial charge in [-0.05, 0) is 24.6 Å². The molecule has 0 atom stereocenters. The molecule has 0 saturated heterocycles. The van der Waals surface area contributed by atoms with E-state index < -0.39 is 0 Å². The van der Waals surface area contributed by atoms with Crippen LogP contribution in [0.1, 0.15) is 5.56 Å². The normalized spacial score (nSPS) is 10.1. The fourth-order valence-corrected chi connectivity index (χ4v) is 1.47. The second-order valence-corrected chi connectivity index (χ2v) is 4.01. The molecule has 2 N–H and O–H groups in total. The lowest BCUT2D eigenvalue weighted by Crippen LogP contribution is -2.21. The molecule has 1 aromatic carbocycles. The van der Waals surface area contributed by atoms with Gasteiger partial charge in [-0.1, -0.05) is 17.7 Å². The highest BCUT2D eigenvalue weighted by atomic mass is 35.5. The lowest BCUT2D eigenvalue weighted by Gasteiger charge is -2.08. The zero-order valence-corrected chi connectivity index (χ0v) is 10.4. The minimum absolute atomic E-state index is 0.149. The van der Waals surface area contributed by atoms with E-state index in [9.17, 15) is 4.79 Å². The summed E-state index contributed by atoms with van der Waals surface area (Å²) in [6, 6.07) is 5.36. The van der Waals surface area contributed by atoms with E-state index in [0.29, 0.717) is 10.8 Å². The molecule has 0 aliphatic carbocycles. The van der Waals surface area contributed by atoms with Crippen LogP contribution in [0.2, 0.25) is 5.02 Å². The van der Waals surface area contributed by atoms with Crippen molar-refractivity contribution in [3.63, 3.8) is 0 Å². The van der Waals surface area contributed by atoms with Crippen molar-refractivity contribution in [2.24, 2.45) is 0 Å². The molecule has 0 saturated carbocycles. The van der Waals surface area contributed by atoms with Crippen molar-refractivity contribution < 1.29 is 9.53 Å². The number of nitrogens with zero attached hydrogens (tertiary/aromatic N) is 2. The number of hydrogen-bond donors (Lipinski definition) is 2. The van der Waals surface area contributed by atoms with Crippen LogP contribution in [-0.2, 0) is 4.79 Å². The SMILES string of the molecule is Cc1ccc(Cl)c(OCC(=O)Nc2ncn[nH]2)c1. The quantitative estimate of drug-likeness (QED) is 0.884. The second-order valence-electron chi connectivity index (χ2n) is 3.60. The van der Waals surface area contributed by atoms with Crippen LogP contribution in [0.5, 0.6) is 5.75 Å². The summed E-state index contributed by atoms with van der Waals surface area (Å²) in [6.07, 6.45) is 1.30. The van der Waals surface area contributed by atoms with Crippen molar-refractivity contribution in [3.05, 3.63) is 35.1 Å². The largest absolute Gasteiger partial charge is 0.482 e. The van der Waals surface area contributed by atoms with Gasteiger partial charge in [-0.3, -0.25) is 10.1 Å². The van der Waals surface area contributed by atoms with E-state index in [2.05, 4.69) is 20.5 Å². The molecule has 0 bridgehead atoms. The smallest absolute Gasteiger partial charge is 0.264 e. The average molecular weight is 267 g/mol. The molecule has 1 amide bonds. The van der Waals surface area contributed by atoms with Gasteiger partial charge >= 0.3 is 0 Å². The summed E-state index contributed by atoms with van der Waals surface area (Å²) in [7, 11) is 0. The summed E-state index contributed by atoms with van der Waals surface area (Å²) in [4.78, 5) is 15.3. The molecule has 18 heavy (non-hydrogen) atoms. The molecule has 0 unspecified atom stereocenters. The molecule has 94 valence electrons. The topological polar surface area (TPSA) is 79.9 Å². The van der Waals surface area contributed by atoms with E-state index in [1.165, 1.54) is 6.33 Å². The van der Waals surface area contributed by atoms with Crippen LogP contribution in [0.15, 0.2) is 24.5 Å². The Morgan fingerprint density at radius 1 is 1.56 bits per heavy atom. The van der Waals surface area contributed by atoms with E-state index in [-0.39, 0.29) is 18.5 Å². The number of aromatic amines is 1. The first-order valence-electron chi connectivity index (χ1n) is 5.19. The molecule has 7 heteroatoms.